The predicted molar refractivity (Wildman–Crippen MR) is 92.2 cm³/mol. The number of nitrogens with zero attached hydrogens (tertiary/aromatic N) is 1. The number of nitrogens with one attached hydrogen (secondary N) is 1. The standard InChI is InChI=1S/C17H23ClN2O4/c1-10-7-11(18)5-6-13(10)19-15(22)14-8-12(21)9-20(14)16(23)24-17(2,3)4/h5-7,12,14,21H,8-9H2,1-4H3,(H,19,22). The van der Waals surface area contributed by atoms with Gasteiger partial charge in [0.15, 0.2) is 0 Å². The van der Waals surface area contributed by atoms with Gasteiger partial charge in [-0.1, -0.05) is 11.6 Å². The summed E-state index contributed by atoms with van der Waals surface area (Å²) < 4.78 is 5.32. The highest BCUT2D eigenvalue weighted by Crippen LogP contribution is 2.24. The van der Waals surface area contributed by atoms with E-state index in [1.165, 1.54) is 4.90 Å². The monoisotopic (exact) mass is 354 g/mol. The van der Waals surface area contributed by atoms with E-state index in [2.05, 4.69) is 5.32 Å². The molecule has 0 bridgehead atoms. The van der Waals surface area contributed by atoms with Gasteiger partial charge in [0.25, 0.3) is 0 Å². The molecule has 0 radical (unpaired) electrons. The van der Waals surface area contributed by atoms with Crippen LogP contribution in [-0.4, -0.2) is 46.3 Å². The van der Waals surface area contributed by atoms with Crippen molar-refractivity contribution in [1.29, 1.82) is 0 Å². The average molecular weight is 355 g/mol. The van der Waals surface area contributed by atoms with Gasteiger partial charge in [-0.3, -0.25) is 9.69 Å². The minimum Gasteiger partial charge on any atom is -0.444 e. The highest BCUT2D eigenvalue weighted by atomic mass is 35.5. The Hall–Kier alpha value is -1.79. The normalized spacial score (nSPS) is 20.8. The predicted octanol–water partition coefficient (Wildman–Crippen LogP) is 2.96. The molecule has 6 nitrogen and oxygen atoms in total. The van der Waals surface area contributed by atoms with Crippen LogP contribution in [0.15, 0.2) is 18.2 Å². The second kappa shape index (κ2) is 6.99. The molecular formula is C17H23ClN2O4. The van der Waals surface area contributed by atoms with Gasteiger partial charge in [-0.15, -0.1) is 0 Å². The molecule has 1 aliphatic heterocycles. The summed E-state index contributed by atoms with van der Waals surface area (Å²) in [5, 5.41) is 13.2. The number of carbonyl (C=O) groups is 2. The lowest BCUT2D eigenvalue weighted by molar-refractivity contribution is -0.120. The molecule has 0 aliphatic carbocycles. The molecule has 0 spiro atoms. The molecule has 0 aromatic heterocycles. The highest BCUT2D eigenvalue weighted by Gasteiger charge is 2.41. The Kier molecular flexibility index (Phi) is 5.40. The lowest BCUT2D eigenvalue weighted by Crippen LogP contribution is -2.45. The van der Waals surface area contributed by atoms with Crippen LogP contribution in [0.5, 0.6) is 0 Å². The minimum absolute atomic E-state index is 0.0760. The van der Waals surface area contributed by atoms with Crippen molar-refractivity contribution < 1.29 is 19.4 Å². The first-order valence-electron chi connectivity index (χ1n) is 7.81. The van der Waals surface area contributed by atoms with E-state index in [0.717, 1.165) is 5.56 Å². The molecule has 2 unspecified atom stereocenters. The summed E-state index contributed by atoms with van der Waals surface area (Å²) in [5.74, 6) is -0.358. The minimum atomic E-state index is -0.773. The van der Waals surface area contributed by atoms with Gasteiger partial charge in [-0.25, -0.2) is 4.79 Å². The Balaban J connectivity index is 2.12. The summed E-state index contributed by atoms with van der Waals surface area (Å²) in [6.45, 7) is 7.17. The van der Waals surface area contributed by atoms with E-state index in [0.29, 0.717) is 10.7 Å². The first-order valence-corrected chi connectivity index (χ1v) is 8.19. The van der Waals surface area contributed by atoms with Gasteiger partial charge >= 0.3 is 6.09 Å². The summed E-state index contributed by atoms with van der Waals surface area (Å²) in [6, 6.07) is 4.36. The zero-order valence-electron chi connectivity index (χ0n) is 14.3. The van der Waals surface area contributed by atoms with Crippen molar-refractivity contribution in [2.75, 3.05) is 11.9 Å². The number of aliphatic hydroxyl groups is 1. The van der Waals surface area contributed by atoms with Crippen LogP contribution < -0.4 is 5.32 Å². The van der Waals surface area contributed by atoms with Crippen LogP contribution in [0.25, 0.3) is 0 Å². The van der Waals surface area contributed by atoms with E-state index in [1.807, 2.05) is 6.92 Å². The number of halogens is 1. The second-order valence-electron chi connectivity index (χ2n) is 6.99. The third-order valence-electron chi connectivity index (χ3n) is 3.66. The number of ether oxygens (including phenoxy) is 1. The number of aliphatic hydroxyl groups excluding tert-OH is 1. The van der Waals surface area contributed by atoms with Gasteiger partial charge < -0.3 is 15.2 Å². The molecule has 1 aromatic rings. The molecule has 1 saturated heterocycles. The molecule has 1 aromatic carbocycles. The summed E-state index contributed by atoms with van der Waals surface area (Å²) in [6.07, 6.45) is -1.18. The van der Waals surface area contributed by atoms with Crippen LogP contribution >= 0.6 is 11.6 Å². The van der Waals surface area contributed by atoms with E-state index in [-0.39, 0.29) is 18.9 Å². The van der Waals surface area contributed by atoms with E-state index in [4.69, 9.17) is 16.3 Å². The quantitative estimate of drug-likeness (QED) is 0.855. The van der Waals surface area contributed by atoms with E-state index in [1.54, 1.807) is 39.0 Å². The van der Waals surface area contributed by atoms with Crippen LogP contribution in [0, 0.1) is 6.92 Å². The Morgan fingerprint density at radius 2 is 2.04 bits per heavy atom. The fourth-order valence-electron chi connectivity index (χ4n) is 2.57. The molecule has 7 heteroatoms. The SMILES string of the molecule is Cc1cc(Cl)ccc1NC(=O)C1CC(O)CN1C(=O)OC(C)(C)C. The number of hydrogen-bond acceptors (Lipinski definition) is 4. The number of aryl methyl sites for hydroxylation is 1. The van der Waals surface area contributed by atoms with Gasteiger partial charge in [0.1, 0.15) is 11.6 Å². The number of anilines is 1. The summed E-state index contributed by atoms with van der Waals surface area (Å²) in [4.78, 5) is 26.1. The van der Waals surface area contributed by atoms with Crippen molar-refractivity contribution in [1.82, 2.24) is 4.90 Å². The van der Waals surface area contributed by atoms with Crippen molar-refractivity contribution >= 4 is 29.3 Å². The summed E-state index contributed by atoms with van der Waals surface area (Å²) >= 11 is 5.91. The Morgan fingerprint density at radius 1 is 1.38 bits per heavy atom. The Bertz CT molecular complexity index is 642. The summed E-state index contributed by atoms with van der Waals surface area (Å²) in [5.41, 5.74) is 0.770. The van der Waals surface area contributed by atoms with Gasteiger partial charge in [-0.2, -0.15) is 0 Å². The third-order valence-corrected chi connectivity index (χ3v) is 3.89. The van der Waals surface area contributed by atoms with Gasteiger partial charge in [0.05, 0.1) is 12.6 Å². The van der Waals surface area contributed by atoms with Gasteiger partial charge in [0.2, 0.25) is 5.91 Å². The Labute approximate surface area is 146 Å². The number of likely N-dealkylation sites (tertiary alicyclic amines) is 1. The topological polar surface area (TPSA) is 78.9 Å². The molecule has 1 fully saturated rings. The smallest absolute Gasteiger partial charge is 0.411 e. The lowest BCUT2D eigenvalue weighted by Gasteiger charge is -2.28. The number of amides is 2. The van der Waals surface area contributed by atoms with E-state index in [9.17, 15) is 14.7 Å². The van der Waals surface area contributed by atoms with Crippen LogP contribution in [0.1, 0.15) is 32.8 Å². The van der Waals surface area contributed by atoms with Gasteiger partial charge in [0, 0.05) is 17.1 Å². The maximum absolute atomic E-state index is 12.6. The molecule has 0 saturated carbocycles. The second-order valence-corrected chi connectivity index (χ2v) is 7.42. The lowest BCUT2D eigenvalue weighted by atomic mass is 10.1. The van der Waals surface area contributed by atoms with Crippen molar-refractivity contribution in [3.8, 4) is 0 Å². The number of rotatable bonds is 2. The van der Waals surface area contributed by atoms with Crippen LogP contribution in [0.2, 0.25) is 5.02 Å². The maximum Gasteiger partial charge on any atom is 0.411 e. The van der Waals surface area contributed by atoms with Crippen molar-refractivity contribution in [3.05, 3.63) is 28.8 Å². The summed E-state index contributed by atoms with van der Waals surface area (Å²) in [7, 11) is 0. The Morgan fingerprint density at radius 3 is 2.62 bits per heavy atom. The first-order chi connectivity index (χ1) is 11.1. The number of carbonyl (C=O) groups excluding carboxylic acids is 2. The maximum atomic E-state index is 12.6. The largest absolute Gasteiger partial charge is 0.444 e. The molecular weight excluding hydrogens is 332 g/mol. The third kappa shape index (κ3) is 4.61. The van der Waals surface area contributed by atoms with Crippen LogP contribution in [0.4, 0.5) is 10.5 Å². The van der Waals surface area contributed by atoms with Crippen molar-refractivity contribution in [3.63, 3.8) is 0 Å². The van der Waals surface area contributed by atoms with Crippen molar-refractivity contribution in [2.45, 2.75) is 51.9 Å². The zero-order chi connectivity index (χ0) is 18.1. The molecule has 2 atom stereocenters. The number of hydrogen-bond donors (Lipinski definition) is 2. The van der Waals surface area contributed by atoms with Crippen LogP contribution in [-0.2, 0) is 9.53 Å². The fraction of sp³-hybridized carbons (Fsp3) is 0.529. The van der Waals surface area contributed by atoms with E-state index >= 15 is 0 Å². The average Bonchev–Trinajstić information content (AvgIpc) is 2.82. The number of benzene rings is 1. The molecule has 2 N–H and O–H groups in total. The molecule has 2 rings (SSSR count). The highest BCUT2D eigenvalue weighted by molar-refractivity contribution is 6.30. The van der Waals surface area contributed by atoms with Crippen LogP contribution in [0.3, 0.4) is 0 Å². The van der Waals surface area contributed by atoms with Gasteiger partial charge in [-0.05, 0) is 51.5 Å². The van der Waals surface area contributed by atoms with Crippen molar-refractivity contribution in [2.24, 2.45) is 0 Å². The molecule has 24 heavy (non-hydrogen) atoms. The molecule has 1 heterocycles. The zero-order valence-corrected chi connectivity index (χ0v) is 15.1. The number of β-amino-alcohol motifs (C(OH)–C–C–N with tert-alkyl or cyclic N) is 1. The molecule has 1 aliphatic rings. The molecule has 2 amide bonds. The first kappa shape index (κ1) is 18.5. The molecule has 132 valence electrons. The fourth-order valence-corrected chi connectivity index (χ4v) is 2.79. The van der Waals surface area contributed by atoms with E-state index < -0.39 is 23.8 Å².